The van der Waals surface area contributed by atoms with E-state index in [1.807, 2.05) is 22.8 Å². The zero-order valence-corrected chi connectivity index (χ0v) is 20.5. The second-order valence-electron chi connectivity index (χ2n) is 7.58. The number of thioether (sulfide) groups is 1. The summed E-state index contributed by atoms with van der Waals surface area (Å²) in [5, 5.41) is 12.4. The third-order valence-corrected chi connectivity index (χ3v) is 6.37. The van der Waals surface area contributed by atoms with E-state index in [4.69, 9.17) is 4.74 Å². The van der Waals surface area contributed by atoms with Crippen LogP contribution in [0.15, 0.2) is 60.3 Å². The second-order valence-corrected chi connectivity index (χ2v) is 8.52. The standard InChI is InChI=1S/C26H32N4O2S/c1-5-16-30-23(17-32-22-14-12-19(6-2)13-15-22)28-29-26(30)33-18-24(31)27-25-20(7-3)10-9-11-21(25)8-4/h5,9-15H,1,6-8,16-18H2,2-4H3,(H,27,31). The van der Waals surface area contributed by atoms with Gasteiger partial charge >= 0.3 is 0 Å². The first-order chi connectivity index (χ1) is 16.1. The van der Waals surface area contributed by atoms with E-state index in [9.17, 15) is 4.79 Å². The van der Waals surface area contributed by atoms with Crippen LogP contribution in [0.5, 0.6) is 5.75 Å². The number of hydrogen-bond donors (Lipinski definition) is 1. The highest BCUT2D eigenvalue weighted by Gasteiger charge is 2.15. The highest BCUT2D eigenvalue weighted by atomic mass is 32.2. The predicted molar refractivity (Wildman–Crippen MR) is 135 cm³/mol. The fourth-order valence-corrected chi connectivity index (χ4v) is 4.29. The molecule has 3 rings (SSSR count). The fraction of sp³-hybridized carbons (Fsp3) is 0.346. The summed E-state index contributed by atoms with van der Waals surface area (Å²) in [7, 11) is 0. The summed E-state index contributed by atoms with van der Waals surface area (Å²) in [6, 6.07) is 14.2. The van der Waals surface area contributed by atoms with Crippen LogP contribution in [0.4, 0.5) is 5.69 Å². The van der Waals surface area contributed by atoms with E-state index in [0.29, 0.717) is 24.1 Å². The number of nitrogens with zero attached hydrogens (tertiary/aromatic N) is 3. The second kappa shape index (κ2) is 12.3. The van der Waals surface area contributed by atoms with Gasteiger partial charge in [-0.05, 0) is 48.1 Å². The van der Waals surface area contributed by atoms with Crippen molar-refractivity contribution in [3.05, 3.63) is 77.6 Å². The Morgan fingerprint density at radius 2 is 1.76 bits per heavy atom. The highest BCUT2D eigenvalue weighted by Crippen LogP contribution is 2.24. The Bertz CT molecular complexity index is 1050. The molecule has 0 saturated heterocycles. The first kappa shape index (κ1) is 24.6. The highest BCUT2D eigenvalue weighted by molar-refractivity contribution is 7.99. The normalized spacial score (nSPS) is 10.8. The molecule has 3 aromatic rings. The van der Waals surface area contributed by atoms with E-state index >= 15 is 0 Å². The number of aromatic nitrogens is 3. The lowest BCUT2D eigenvalue weighted by molar-refractivity contribution is -0.113. The van der Waals surface area contributed by atoms with E-state index in [1.54, 1.807) is 6.08 Å². The van der Waals surface area contributed by atoms with Gasteiger partial charge in [-0.25, -0.2) is 0 Å². The number of benzene rings is 2. The van der Waals surface area contributed by atoms with Gasteiger partial charge in [0.2, 0.25) is 5.91 Å². The van der Waals surface area contributed by atoms with Gasteiger partial charge in [0, 0.05) is 12.2 Å². The zero-order valence-electron chi connectivity index (χ0n) is 19.6. The molecule has 33 heavy (non-hydrogen) atoms. The molecule has 0 radical (unpaired) electrons. The summed E-state index contributed by atoms with van der Waals surface area (Å²) < 4.78 is 7.83. The van der Waals surface area contributed by atoms with Gasteiger partial charge in [0.1, 0.15) is 12.4 Å². The molecule has 0 aliphatic rings. The molecule has 0 bridgehead atoms. The molecule has 0 atom stereocenters. The van der Waals surface area contributed by atoms with Crippen molar-refractivity contribution < 1.29 is 9.53 Å². The van der Waals surface area contributed by atoms with Crippen molar-refractivity contribution in [3.8, 4) is 5.75 Å². The van der Waals surface area contributed by atoms with E-state index in [2.05, 4.69) is 67.1 Å². The van der Waals surface area contributed by atoms with Crippen LogP contribution in [0, 0.1) is 0 Å². The van der Waals surface area contributed by atoms with Crippen molar-refractivity contribution in [2.24, 2.45) is 0 Å². The number of nitrogens with one attached hydrogen (secondary N) is 1. The van der Waals surface area contributed by atoms with Crippen LogP contribution in [-0.2, 0) is 37.2 Å². The van der Waals surface area contributed by atoms with Crippen LogP contribution in [0.3, 0.4) is 0 Å². The minimum absolute atomic E-state index is 0.0578. The summed E-state index contributed by atoms with van der Waals surface area (Å²) >= 11 is 1.36. The van der Waals surface area contributed by atoms with Gasteiger partial charge in [0.05, 0.1) is 5.75 Å². The molecule has 0 aliphatic heterocycles. The fourth-order valence-electron chi connectivity index (χ4n) is 3.52. The van der Waals surface area contributed by atoms with Crippen LogP contribution in [0.1, 0.15) is 43.3 Å². The van der Waals surface area contributed by atoms with Gasteiger partial charge in [-0.3, -0.25) is 9.36 Å². The molecule has 2 aromatic carbocycles. The predicted octanol–water partition coefficient (Wildman–Crippen LogP) is 5.46. The van der Waals surface area contributed by atoms with Crippen molar-refractivity contribution >= 4 is 23.4 Å². The number of carbonyl (C=O) groups is 1. The summed E-state index contributed by atoms with van der Waals surface area (Å²) in [5.41, 5.74) is 4.49. The number of allylic oxidation sites excluding steroid dienone is 1. The average molecular weight is 465 g/mol. The van der Waals surface area contributed by atoms with Gasteiger partial charge in [0.15, 0.2) is 11.0 Å². The third kappa shape index (κ3) is 6.48. The molecule has 0 saturated carbocycles. The van der Waals surface area contributed by atoms with E-state index < -0.39 is 0 Å². The smallest absolute Gasteiger partial charge is 0.234 e. The molecule has 0 aliphatic carbocycles. The van der Waals surface area contributed by atoms with Crippen LogP contribution in [-0.4, -0.2) is 26.4 Å². The summed E-state index contributed by atoms with van der Waals surface area (Å²) in [5.74, 6) is 1.67. The monoisotopic (exact) mass is 464 g/mol. The van der Waals surface area contributed by atoms with Crippen LogP contribution in [0.25, 0.3) is 0 Å². The number of anilines is 1. The van der Waals surface area contributed by atoms with Gasteiger partial charge in [-0.2, -0.15) is 0 Å². The number of rotatable bonds is 12. The quantitative estimate of drug-likeness (QED) is 0.285. The summed E-state index contributed by atoms with van der Waals surface area (Å²) in [6.07, 6.45) is 4.52. The largest absolute Gasteiger partial charge is 0.486 e. The number of amides is 1. The van der Waals surface area contributed by atoms with Gasteiger partial charge in [0.25, 0.3) is 0 Å². The molecule has 1 N–H and O–H groups in total. The Morgan fingerprint density at radius 3 is 2.36 bits per heavy atom. The molecular formula is C26H32N4O2S. The third-order valence-electron chi connectivity index (χ3n) is 5.40. The minimum Gasteiger partial charge on any atom is -0.486 e. The topological polar surface area (TPSA) is 69.0 Å². The van der Waals surface area contributed by atoms with Crippen LogP contribution in [0.2, 0.25) is 0 Å². The average Bonchev–Trinajstić information content (AvgIpc) is 3.23. The Hall–Kier alpha value is -3.06. The molecule has 174 valence electrons. The Labute approximate surface area is 200 Å². The number of hydrogen-bond acceptors (Lipinski definition) is 5. The zero-order chi connectivity index (χ0) is 23.6. The SMILES string of the molecule is C=CCn1c(COc2ccc(CC)cc2)nnc1SCC(=O)Nc1c(CC)cccc1CC. The maximum Gasteiger partial charge on any atom is 0.234 e. The van der Waals surface area contributed by atoms with Crippen molar-refractivity contribution in [3.63, 3.8) is 0 Å². The van der Waals surface area contributed by atoms with Crippen LogP contribution >= 0.6 is 11.8 Å². The molecule has 6 nitrogen and oxygen atoms in total. The Morgan fingerprint density at radius 1 is 1.06 bits per heavy atom. The van der Waals surface area contributed by atoms with Gasteiger partial charge < -0.3 is 10.1 Å². The van der Waals surface area contributed by atoms with Crippen molar-refractivity contribution in [2.45, 2.75) is 58.3 Å². The molecule has 0 fully saturated rings. The number of carbonyl (C=O) groups excluding carboxylic acids is 1. The Balaban J connectivity index is 1.64. The van der Waals surface area contributed by atoms with Crippen molar-refractivity contribution in [2.75, 3.05) is 11.1 Å². The molecular weight excluding hydrogens is 432 g/mol. The number of para-hydroxylation sites is 1. The van der Waals surface area contributed by atoms with E-state index in [1.165, 1.54) is 17.3 Å². The molecule has 1 amide bonds. The van der Waals surface area contributed by atoms with Crippen molar-refractivity contribution in [1.82, 2.24) is 14.8 Å². The van der Waals surface area contributed by atoms with E-state index in [-0.39, 0.29) is 11.7 Å². The lowest BCUT2D eigenvalue weighted by Gasteiger charge is -2.14. The molecule has 0 unspecified atom stereocenters. The van der Waals surface area contributed by atoms with Gasteiger partial charge in [-0.15, -0.1) is 16.8 Å². The lowest BCUT2D eigenvalue weighted by atomic mass is 10.0. The minimum atomic E-state index is -0.0578. The van der Waals surface area contributed by atoms with Gasteiger partial charge in [-0.1, -0.05) is 68.9 Å². The maximum absolute atomic E-state index is 12.7. The Kier molecular flexibility index (Phi) is 9.13. The first-order valence-corrected chi connectivity index (χ1v) is 12.4. The molecule has 7 heteroatoms. The molecule has 0 spiro atoms. The summed E-state index contributed by atoms with van der Waals surface area (Å²) in [6.45, 7) is 11.0. The van der Waals surface area contributed by atoms with E-state index in [0.717, 1.165) is 41.8 Å². The number of ether oxygens (including phenoxy) is 1. The molecule has 1 aromatic heterocycles. The maximum atomic E-state index is 12.7. The summed E-state index contributed by atoms with van der Waals surface area (Å²) in [4.78, 5) is 12.7. The number of aryl methyl sites for hydroxylation is 3. The first-order valence-electron chi connectivity index (χ1n) is 11.4. The van der Waals surface area contributed by atoms with Crippen LogP contribution < -0.4 is 10.1 Å². The van der Waals surface area contributed by atoms with Crippen molar-refractivity contribution in [1.29, 1.82) is 0 Å². The molecule has 1 heterocycles. The lowest BCUT2D eigenvalue weighted by Crippen LogP contribution is -2.17.